The Bertz CT molecular complexity index is 1130. The summed E-state index contributed by atoms with van der Waals surface area (Å²) in [5.74, 6) is 1.60. The van der Waals surface area contributed by atoms with Crippen molar-refractivity contribution in [2.45, 2.75) is 12.8 Å². The second kappa shape index (κ2) is 10.1. The minimum absolute atomic E-state index is 0.281. The Morgan fingerprint density at radius 3 is 1.79 bits per heavy atom. The Morgan fingerprint density at radius 1 is 0.788 bits per heavy atom. The maximum atomic E-state index is 12.8. The smallest absolute Gasteiger partial charge is 0.255 e. The lowest BCUT2D eigenvalue weighted by atomic mass is 10.1. The van der Waals surface area contributed by atoms with Crippen molar-refractivity contribution < 1.29 is 23.8 Å². The van der Waals surface area contributed by atoms with Gasteiger partial charge in [0.05, 0.1) is 32.2 Å². The normalized spacial score (nSPS) is 12.5. The van der Waals surface area contributed by atoms with Crippen molar-refractivity contribution in [3.05, 3.63) is 77.9 Å². The molecule has 7 nitrogen and oxygen atoms in total. The Morgan fingerprint density at radius 2 is 1.30 bits per heavy atom. The summed E-state index contributed by atoms with van der Waals surface area (Å²) in [7, 11) is 2.98. The highest BCUT2D eigenvalue weighted by molar-refractivity contribution is 6.07. The molecule has 0 atom stereocenters. The van der Waals surface area contributed by atoms with Crippen LogP contribution in [0.15, 0.2) is 66.7 Å². The van der Waals surface area contributed by atoms with Gasteiger partial charge in [0.2, 0.25) is 0 Å². The van der Waals surface area contributed by atoms with Crippen molar-refractivity contribution in [2.24, 2.45) is 5.92 Å². The van der Waals surface area contributed by atoms with Gasteiger partial charge in [0.15, 0.2) is 0 Å². The van der Waals surface area contributed by atoms with Crippen LogP contribution in [0.5, 0.6) is 17.2 Å². The molecule has 0 spiro atoms. The van der Waals surface area contributed by atoms with E-state index >= 15 is 0 Å². The van der Waals surface area contributed by atoms with Gasteiger partial charge in [0, 0.05) is 23.3 Å². The zero-order valence-corrected chi connectivity index (χ0v) is 18.6. The fourth-order valence-electron chi connectivity index (χ4n) is 3.27. The van der Waals surface area contributed by atoms with Gasteiger partial charge in [-0.05, 0) is 55.2 Å². The third-order valence-electron chi connectivity index (χ3n) is 5.35. The number of amides is 2. The third kappa shape index (κ3) is 5.63. The summed E-state index contributed by atoms with van der Waals surface area (Å²) in [6, 6.07) is 19.1. The average molecular weight is 447 g/mol. The second-order valence-electron chi connectivity index (χ2n) is 7.81. The zero-order valence-electron chi connectivity index (χ0n) is 18.6. The molecular weight excluding hydrogens is 420 g/mol. The van der Waals surface area contributed by atoms with Crippen LogP contribution in [0.2, 0.25) is 0 Å². The van der Waals surface area contributed by atoms with E-state index in [-0.39, 0.29) is 11.8 Å². The highest BCUT2D eigenvalue weighted by Gasteiger charge is 2.22. The van der Waals surface area contributed by atoms with Crippen LogP contribution in [0.1, 0.15) is 33.6 Å². The average Bonchev–Trinajstić information content (AvgIpc) is 3.68. The number of ether oxygens (including phenoxy) is 3. The molecule has 0 aromatic heterocycles. The summed E-state index contributed by atoms with van der Waals surface area (Å²) in [4.78, 5) is 25.4. The number of methoxy groups -OCH3 is 2. The van der Waals surface area contributed by atoms with Gasteiger partial charge in [-0.2, -0.15) is 0 Å². The van der Waals surface area contributed by atoms with E-state index in [0.29, 0.717) is 39.9 Å². The molecule has 0 aliphatic heterocycles. The number of carbonyl (C=O) groups excluding carboxylic acids is 2. The first kappa shape index (κ1) is 22.2. The summed E-state index contributed by atoms with van der Waals surface area (Å²) >= 11 is 0. The number of hydrogen-bond donors (Lipinski definition) is 2. The number of benzene rings is 3. The van der Waals surface area contributed by atoms with Crippen LogP contribution in [-0.2, 0) is 0 Å². The predicted octanol–water partition coefficient (Wildman–Crippen LogP) is 5.00. The summed E-state index contributed by atoms with van der Waals surface area (Å²) in [5.41, 5.74) is 1.85. The molecule has 0 heterocycles. The molecule has 2 amide bonds. The standard InChI is InChI=1S/C26H26N2O5/c1-31-23-15-22(24(32-2)14-21(23)27-25(29)18-6-4-3-5-7-18)28-26(30)19-10-12-20(13-11-19)33-16-17-8-9-17/h3-7,10-15,17H,8-9,16H2,1-2H3,(H,27,29)(H,28,30). The van der Waals surface area contributed by atoms with Gasteiger partial charge >= 0.3 is 0 Å². The Balaban J connectivity index is 1.48. The highest BCUT2D eigenvalue weighted by Crippen LogP contribution is 2.37. The van der Waals surface area contributed by atoms with Gasteiger partial charge < -0.3 is 24.8 Å². The second-order valence-corrected chi connectivity index (χ2v) is 7.81. The minimum atomic E-state index is -0.301. The van der Waals surface area contributed by atoms with Crippen LogP contribution < -0.4 is 24.8 Å². The highest BCUT2D eigenvalue weighted by atomic mass is 16.5. The van der Waals surface area contributed by atoms with E-state index in [4.69, 9.17) is 14.2 Å². The van der Waals surface area contributed by atoms with Gasteiger partial charge in [-0.3, -0.25) is 9.59 Å². The van der Waals surface area contributed by atoms with E-state index in [1.54, 1.807) is 60.7 Å². The van der Waals surface area contributed by atoms with Gasteiger partial charge in [-0.1, -0.05) is 18.2 Å². The molecular formula is C26H26N2O5. The lowest BCUT2D eigenvalue weighted by Gasteiger charge is -2.16. The molecule has 3 aromatic rings. The molecule has 170 valence electrons. The molecule has 7 heteroatoms. The molecule has 33 heavy (non-hydrogen) atoms. The van der Waals surface area contributed by atoms with Crippen molar-refractivity contribution in [1.82, 2.24) is 0 Å². The van der Waals surface area contributed by atoms with Crippen LogP contribution in [-0.4, -0.2) is 32.6 Å². The fourth-order valence-corrected chi connectivity index (χ4v) is 3.27. The molecule has 0 radical (unpaired) electrons. The van der Waals surface area contributed by atoms with Gasteiger partial charge in [-0.25, -0.2) is 0 Å². The maximum absolute atomic E-state index is 12.8. The SMILES string of the molecule is COc1cc(NC(=O)c2ccc(OCC3CC3)cc2)c(OC)cc1NC(=O)c1ccccc1. The third-order valence-corrected chi connectivity index (χ3v) is 5.35. The first-order valence-electron chi connectivity index (χ1n) is 10.7. The molecule has 1 aliphatic carbocycles. The van der Waals surface area contributed by atoms with Crippen molar-refractivity contribution in [3.63, 3.8) is 0 Å². The first-order valence-corrected chi connectivity index (χ1v) is 10.7. The topological polar surface area (TPSA) is 85.9 Å². The molecule has 0 unspecified atom stereocenters. The Kier molecular flexibility index (Phi) is 6.78. The lowest BCUT2D eigenvalue weighted by molar-refractivity contribution is 0.101. The molecule has 1 fully saturated rings. The van der Waals surface area contributed by atoms with Crippen LogP contribution >= 0.6 is 0 Å². The van der Waals surface area contributed by atoms with Gasteiger partial charge in [-0.15, -0.1) is 0 Å². The Hall–Kier alpha value is -4.00. The van der Waals surface area contributed by atoms with E-state index in [1.807, 2.05) is 6.07 Å². The van der Waals surface area contributed by atoms with E-state index in [0.717, 1.165) is 12.4 Å². The van der Waals surface area contributed by atoms with Gasteiger partial charge in [0.1, 0.15) is 17.2 Å². The molecule has 4 rings (SSSR count). The predicted molar refractivity (Wildman–Crippen MR) is 127 cm³/mol. The molecule has 1 aliphatic rings. The van der Waals surface area contributed by atoms with Crippen LogP contribution in [0.3, 0.4) is 0 Å². The molecule has 0 bridgehead atoms. The zero-order chi connectivity index (χ0) is 23.2. The molecule has 3 aromatic carbocycles. The quantitative estimate of drug-likeness (QED) is 0.483. The van der Waals surface area contributed by atoms with E-state index < -0.39 is 0 Å². The summed E-state index contributed by atoms with van der Waals surface area (Å²) in [5, 5.41) is 5.67. The van der Waals surface area contributed by atoms with Crippen molar-refractivity contribution in [2.75, 3.05) is 31.5 Å². The fraction of sp³-hybridized carbons (Fsp3) is 0.231. The summed E-state index contributed by atoms with van der Waals surface area (Å²) in [6.07, 6.45) is 2.45. The van der Waals surface area contributed by atoms with E-state index in [9.17, 15) is 9.59 Å². The summed E-state index contributed by atoms with van der Waals surface area (Å²) in [6.45, 7) is 0.718. The minimum Gasteiger partial charge on any atom is -0.494 e. The van der Waals surface area contributed by atoms with E-state index in [2.05, 4.69) is 10.6 Å². The number of nitrogens with one attached hydrogen (secondary N) is 2. The summed E-state index contributed by atoms with van der Waals surface area (Å²) < 4.78 is 16.6. The van der Waals surface area contributed by atoms with Crippen LogP contribution in [0.25, 0.3) is 0 Å². The Labute approximate surface area is 192 Å². The number of anilines is 2. The lowest BCUT2D eigenvalue weighted by Crippen LogP contribution is -2.15. The maximum Gasteiger partial charge on any atom is 0.255 e. The number of hydrogen-bond acceptors (Lipinski definition) is 5. The number of carbonyl (C=O) groups is 2. The molecule has 2 N–H and O–H groups in total. The number of rotatable bonds is 9. The van der Waals surface area contributed by atoms with Crippen LogP contribution in [0.4, 0.5) is 11.4 Å². The monoisotopic (exact) mass is 446 g/mol. The molecule has 1 saturated carbocycles. The molecule has 0 saturated heterocycles. The first-order chi connectivity index (χ1) is 16.1. The van der Waals surface area contributed by atoms with Crippen molar-refractivity contribution in [1.29, 1.82) is 0 Å². The van der Waals surface area contributed by atoms with Crippen molar-refractivity contribution >= 4 is 23.2 Å². The van der Waals surface area contributed by atoms with E-state index in [1.165, 1.54) is 27.1 Å². The van der Waals surface area contributed by atoms with Gasteiger partial charge in [0.25, 0.3) is 11.8 Å². The largest absolute Gasteiger partial charge is 0.494 e. The van der Waals surface area contributed by atoms with Crippen molar-refractivity contribution in [3.8, 4) is 17.2 Å². The van der Waals surface area contributed by atoms with Crippen LogP contribution in [0, 0.1) is 5.92 Å².